The van der Waals surface area contributed by atoms with Gasteiger partial charge in [-0.15, -0.1) is 6.58 Å². The van der Waals surface area contributed by atoms with Crippen molar-refractivity contribution in [2.24, 2.45) is 5.92 Å². The molecule has 0 N–H and O–H groups in total. The van der Waals surface area contributed by atoms with Gasteiger partial charge in [0.05, 0.1) is 4.92 Å². The fraction of sp³-hybridized carbons (Fsp3) is 0.333. The Labute approximate surface area is 104 Å². The molecule has 6 nitrogen and oxygen atoms in total. The number of hydrogen-bond donors (Lipinski definition) is 0. The first-order valence-corrected chi connectivity index (χ1v) is 5.58. The Morgan fingerprint density at radius 2 is 2.33 bits per heavy atom. The first kappa shape index (κ1) is 12.2. The van der Waals surface area contributed by atoms with Gasteiger partial charge in [0.1, 0.15) is 11.5 Å². The van der Waals surface area contributed by atoms with Crippen molar-refractivity contribution in [2.75, 3.05) is 11.4 Å². The number of carbonyl (C=O) groups is 1. The molecule has 0 bridgehead atoms. The quantitative estimate of drug-likeness (QED) is 0.464. The molecule has 0 aromatic carbocycles. The zero-order valence-corrected chi connectivity index (χ0v) is 10.00. The Hall–Kier alpha value is -2.24. The van der Waals surface area contributed by atoms with Crippen molar-refractivity contribution in [1.29, 1.82) is 0 Å². The summed E-state index contributed by atoms with van der Waals surface area (Å²) in [5.41, 5.74) is 0.276. The Balaban J connectivity index is 2.30. The number of amides is 1. The average Bonchev–Trinajstić information content (AvgIpc) is 2.70. The van der Waals surface area contributed by atoms with Crippen molar-refractivity contribution in [1.82, 2.24) is 4.98 Å². The SMILES string of the molecule is C=CC1CC(=O)N(c2ccc([N+](=O)[O-])c(C)n2)C1. The van der Waals surface area contributed by atoms with Crippen LogP contribution in [0.5, 0.6) is 0 Å². The predicted molar refractivity (Wildman–Crippen MR) is 66.3 cm³/mol. The molecule has 0 aliphatic carbocycles. The molecule has 1 aliphatic rings. The zero-order valence-electron chi connectivity index (χ0n) is 10.00. The second-order valence-electron chi connectivity index (χ2n) is 4.24. The molecule has 1 aromatic rings. The highest BCUT2D eigenvalue weighted by Gasteiger charge is 2.30. The zero-order chi connectivity index (χ0) is 13.3. The highest BCUT2D eigenvalue weighted by atomic mass is 16.6. The number of anilines is 1. The maximum Gasteiger partial charge on any atom is 0.290 e. The summed E-state index contributed by atoms with van der Waals surface area (Å²) in [5.74, 6) is 0.558. The van der Waals surface area contributed by atoms with Gasteiger partial charge in [-0.3, -0.25) is 19.8 Å². The first-order chi connectivity index (χ1) is 8.52. The van der Waals surface area contributed by atoms with Gasteiger partial charge in [-0.1, -0.05) is 6.08 Å². The minimum absolute atomic E-state index is 0.0272. The molecule has 1 unspecified atom stereocenters. The van der Waals surface area contributed by atoms with E-state index < -0.39 is 4.92 Å². The largest absolute Gasteiger partial charge is 0.296 e. The summed E-state index contributed by atoms with van der Waals surface area (Å²) in [6, 6.07) is 2.89. The van der Waals surface area contributed by atoms with Crippen molar-refractivity contribution < 1.29 is 9.72 Å². The molecule has 0 spiro atoms. The molecular formula is C12H13N3O3. The molecular weight excluding hydrogens is 234 g/mol. The number of nitro groups is 1. The lowest BCUT2D eigenvalue weighted by Crippen LogP contribution is -2.25. The number of aryl methyl sites for hydroxylation is 1. The molecule has 1 fully saturated rings. The van der Waals surface area contributed by atoms with Crippen molar-refractivity contribution in [3.8, 4) is 0 Å². The van der Waals surface area contributed by atoms with E-state index in [-0.39, 0.29) is 17.5 Å². The van der Waals surface area contributed by atoms with Crippen LogP contribution in [0.15, 0.2) is 24.8 Å². The fourth-order valence-electron chi connectivity index (χ4n) is 2.00. The van der Waals surface area contributed by atoms with E-state index in [4.69, 9.17) is 0 Å². The third-order valence-corrected chi connectivity index (χ3v) is 3.00. The second-order valence-corrected chi connectivity index (χ2v) is 4.24. The number of carbonyl (C=O) groups excluding carboxylic acids is 1. The summed E-state index contributed by atoms with van der Waals surface area (Å²) in [5, 5.41) is 10.7. The lowest BCUT2D eigenvalue weighted by Gasteiger charge is -2.15. The van der Waals surface area contributed by atoms with Crippen LogP contribution in [0.3, 0.4) is 0 Å². The molecule has 1 aliphatic heterocycles. The fourth-order valence-corrected chi connectivity index (χ4v) is 2.00. The van der Waals surface area contributed by atoms with Crippen LogP contribution >= 0.6 is 0 Å². The van der Waals surface area contributed by atoms with Crippen LogP contribution in [-0.2, 0) is 4.79 Å². The third-order valence-electron chi connectivity index (χ3n) is 3.00. The van der Waals surface area contributed by atoms with Crippen LogP contribution in [0, 0.1) is 23.0 Å². The van der Waals surface area contributed by atoms with Crippen LogP contribution < -0.4 is 4.90 Å². The average molecular weight is 247 g/mol. The minimum Gasteiger partial charge on any atom is -0.296 e. The molecule has 18 heavy (non-hydrogen) atoms. The van der Waals surface area contributed by atoms with Crippen LogP contribution in [-0.4, -0.2) is 22.4 Å². The standard InChI is InChI=1S/C12H13N3O3/c1-3-9-6-12(16)14(7-9)11-5-4-10(15(17)18)8(2)13-11/h3-5,9H,1,6-7H2,2H3. The second kappa shape index (κ2) is 4.56. The molecule has 1 saturated heterocycles. The summed E-state index contributed by atoms with van der Waals surface area (Å²) in [4.78, 5) is 27.7. The van der Waals surface area contributed by atoms with Gasteiger partial charge in [-0.25, -0.2) is 4.98 Å². The molecule has 0 saturated carbocycles. The summed E-state index contributed by atoms with van der Waals surface area (Å²) in [6.07, 6.45) is 2.16. The Morgan fingerprint density at radius 1 is 1.61 bits per heavy atom. The number of pyridine rings is 1. The van der Waals surface area contributed by atoms with Crippen LogP contribution in [0.2, 0.25) is 0 Å². The highest BCUT2D eigenvalue weighted by Crippen LogP contribution is 2.26. The molecule has 2 heterocycles. The molecule has 0 radical (unpaired) electrons. The minimum atomic E-state index is -0.482. The van der Waals surface area contributed by atoms with E-state index in [0.717, 1.165) is 0 Å². The van der Waals surface area contributed by atoms with E-state index in [1.54, 1.807) is 17.9 Å². The van der Waals surface area contributed by atoms with Crippen LogP contribution in [0.1, 0.15) is 12.1 Å². The monoisotopic (exact) mass is 247 g/mol. The van der Waals surface area contributed by atoms with Gasteiger partial charge in [0.2, 0.25) is 5.91 Å². The molecule has 1 amide bonds. The highest BCUT2D eigenvalue weighted by molar-refractivity contribution is 5.95. The predicted octanol–water partition coefficient (Wildman–Crippen LogP) is 1.84. The van der Waals surface area contributed by atoms with Gasteiger partial charge < -0.3 is 0 Å². The third kappa shape index (κ3) is 2.09. The molecule has 1 atom stereocenters. The topological polar surface area (TPSA) is 76.3 Å². The lowest BCUT2D eigenvalue weighted by atomic mass is 10.1. The van der Waals surface area contributed by atoms with E-state index in [1.165, 1.54) is 12.1 Å². The van der Waals surface area contributed by atoms with Crippen LogP contribution in [0.4, 0.5) is 11.5 Å². The number of rotatable bonds is 3. The normalized spacial score (nSPS) is 19.1. The molecule has 1 aromatic heterocycles. The van der Waals surface area contributed by atoms with Gasteiger partial charge in [-0.05, 0) is 13.0 Å². The summed E-state index contributed by atoms with van der Waals surface area (Å²) < 4.78 is 0. The molecule has 94 valence electrons. The van der Waals surface area contributed by atoms with Gasteiger partial charge in [0, 0.05) is 24.9 Å². The van der Waals surface area contributed by atoms with Crippen molar-refractivity contribution >= 4 is 17.4 Å². The van der Waals surface area contributed by atoms with E-state index in [2.05, 4.69) is 11.6 Å². The van der Waals surface area contributed by atoms with E-state index in [1.807, 2.05) is 0 Å². The first-order valence-electron chi connectivity index (χ1n) is 5.58. The lowest BCUT2D eigenvalue weighted by molar-refractivity contribution is -0.385. The maximum absolute atomic E-state index is 11.8. The van der Waals surface area contributed by atoms with Gasteiger partial charge in [0.15, 0.2) is 0 Å². The van der Waals surface area contributed by atoms with Crippen molar-refractivity contribution in [3.05, 3.63) is 40.6 Å². The van der Waals surface area contributed by atoms with Crippen molar-refractivity contribution in [3.63, 3.8) is 0 Å². The van der Waals surface area contributed by atoms with Gasteiger partial charge >= 0.3 is 0 Å². The number of aromatic nitrogens is 1. The number of hydrogen-bond acceptors (Lipinski definition) is 4. The Bertz CT molecular complexity index is 527. The number of nitrogens with zero attached hydrogens (tertiary/aromatic N) is 3. The van der Waals surface area contributed by atoms with Crippen molar-refractivity contribution in [2.45, 2.75) is 13.3 Å². The summed E-state index contributed by atoms with van der Waals surface area (Å²) in [7, 11) is 0. The van der Waals surface area contributed by atoms with E-state index in [9.17, 15) is 14.9 Å². The van der Waals surface area contributed by atoms with E-state index >= 15 is 0 Å². The molecule has 2 rings (SSSR count). The molecule has 6 heteroatoms. The van der Waals surface area contributed by atoms with Gasteiger partial charge in [0.25, 0.3) is 5.69 Å². The summed E-state index contributed by atoms with van der Waals surface area (Å²) >= 11 is 0. The van der Waals surface area contributed by atoms with E-state index in [0.29, 0.717) is 24.5 Å². The summed E-state index contributed by atoms with van der Waals surface area (Å²) in [6.45, 7) is 5.77. The smallest absolute Gasteiger partial charge is 0.290 e. The van der Waals surface area contributed by atoms with Crippen LogP contribution in [0.25, 0.3) is 0 Å². The Kier molecular flexibility index (Phi) is 3.10. The Morgan fingerprint density at radius 3 is 2.83 bits per heavy atom. The maximum atomic E-state index is 11.8. The van der Waals surface area contributed by atoms with Gasteiger partial charge in [-0.2, -0.15) is 0 Å².